The molecule has 0 spiro atoms. The predicted octanol–water partition coefficient (Wildman–Crippen LogP) is 7.03. The molecule has 1 amide bonds. The van der Waals surface area contributed by atoms with E-state index in [-0.39, 0.29) is 35.9 Å². The van der Waals surface area contributed by atoms with Gasteiger partial charge in [-0.3, -0.25) is 19.8 Å². The number of nitrogens with zero attached hydrogens (tertiary/aromatic N) is 2. The molecule has 1 atom stereocenters. The maximum absolute atomic E-state index is 13.2. The van der Waals surface area contributed by atoms with Crippen molar-refractivity contribution in [2.24, 2.45) is 0 Å². The summed E-state index contributed by atoms with van der Waals surface area (Å²) in [5.74, 6) is 0.544. The smallest absolute Gasteiger partial charge is 0.355 e. The molecule has 0 bridgehead atoms. The van der Waals surface area contributed by atoms with Crippen molar-refractivity contribution in [3.63, 3.8) is 0 Å². The van der Waals surface area contributed by atoms with E-state index in [1.165, 1.54) is 40.9 Å². The fraction of sp³-hybridized carbons (Fsp3) is 0.185. The van der Waals surface area contributed by atoms with Crippen molar-refractivity contribution < 1.29 is 28.7 Å². The quantitative estimate of drug-likeness (QED) is 0.108. The molecule has 1 fully saturated rings. The molecule has 2 aliphatic heterocycles. The minimum atomic E-state index is -0.689. The minimum absolute atomic E-state index is 0.0451. The largest absolute Gasteiger partial charge is 0.485 e. The summed E-state index contributed by atoms with van der Waals surface area (Å²) < 4.78 is 17.5. The molecule has 5 rings (SSSR count). The first-order chi connectivity index (χ1) is 19.2. The molecule has 0 aromatic heterocycles. The van der Waals surface area contributed by atoms with Gasteiger partial charge in [-0.1, -0.05) is 34.8 Å². The van der Waals surface area contributed by atoms with Gasteiger partial charge < -0.3 is 14.2 Å². The van der Waals surface area contributed by atoms with Crippen LogP contribution in [0.3, 0.4) is 0 Å². The van der Waals surface area contributed by atoms with E-state index in [0.717, 1.165) is 0 Å². The number of carbonyl (C=O) groups is 2. The molecule has 40 heavy (non-hydrogen) atoms. The van der Waals surface area contributed by atoms with Crippen LogP contribution in [0.1, 0.15) is 12.0 Å². The Hall–Kier alpha value is -3.44. The van der Waals surface area contributed by atoms with Gasteiger partial charge in [-0.15, -0.1) is 11.8 Å². The van der Waals surface area contributed by atoms with Gasteiger partial charge in [0, 0.05) is 39.6 Å². The maximum atomic E-state index is 13.2. The molecule has 3 aromatic carbocycles. The van der Waals surface area contributed by atoms with Crippen molar-refractivity contribution >= 4 is 64.1 Å². The van der Waals surface area contributed by atoms with E-state index in [1.807, 2.05) is 0 Å². The second-order valence-corrected chi connectivity index (χ2v) is 11.2. The molecule has 13 heteroatoms. The third-order valence-corrected chi connectivity index (χ3v) is 8.11. The van der Waals surface area contributed by atoms with Crippen molar-refractivity contribution in [3.8, 4) is 17.2 Å². The van der Waals surface area contributed by atoms with E-state index in [9.17, 15) is 19.7 Å². The average molecular weight is 622 g/mol. The number of rotatable bonds is 9. The number of carbonyl (C=O) groups excluding carboxylic acids is 2. The number of fused-ring (bicyclic) bond motifs is 1. The number of ether oxygens (including phenoxy) is 3. The normalized spacial score (nSPS) is 16.2. The number of esters is 1. The number of nitro groups is 1. The van der Waals surface area contributed by atoms with Crippen LogP contribution in [0.25, 0.3) is 0 Å². The Balaban J connectivity index is 1.35. The molecule has 9 nitrogen and oxygen atoms in total. The number of hydrogen-bond acceptors (Lipinski definition) is 8. The van der Waals surface area contributed by atoms with Gasteiger partial charge in [0.05, 0.1) is 21.7 Å². The summed E-state index contributed by atoms with van der Waals surface area (Å²) in [7, 11) is 0. The van der Waals surface area contributed by atoms with Gasteiger partial charge in [0.15, 0.2) is 11.5 Å². The van der Waals surface area contributed by atoms with E-state index in [2.05, 4.69) is 0 Å². The lowest BCUT2D eigenvalue weighted by atomic mass is 10.1. The van der Waals surface area contributed by atoms with E-state index < -0.39 is 10.9 Å². The van der Waals surface area contributed by atoms with Gasteiger partial charge in [0.25, 0.3) is 5.69 Å². The first kappa shape index (κ1) is 28.1. The molecule has 0 radical (unpaired) electrons. The zero-order chi connectivity index (χ0) is 28.4. The van der Waals surface area contributed by atoms with Gasteiger partial charge in [0.1, 0.15) is 24.7 Å². The van der Waals surface area contributed by atoms with Crippen molar-refractivity contribution in [1.29, 1.82) is 0 Å². The zero-order valence-corrected chi connectivity index (χ0v) is 23.6. The molecule has 2 heterocycles. The third kappa shape index (κ3) is 6.15. The number of non-ortho nitro benzene ring substituents is 1. The summed E-state index contributed by atoms with van der Waals surface area (Å²) in [6, 6.07) is 15.3. The van der Waals surface area contributed by atoms with Gasteiger partial charge in [0.2, 0.25) is 5.91 Å². The topological polar surface area (TPSA) is 108 Å². The molecule has 2 aliphatic rings. The van der Waals surface area contributed by atoms with Crippen molar-refractivity contribution in [1.82, 2.24) is 4.90 Å². The van der Waals surface area contributed by atoms with E-state index in [4.69, 9.17) is 49.0 Å². The monoisotopic (exact) mass is 620 g/mol. The lowest BCUT2D eigenvalue weighted by Crippen LogP contribution is -2.54. The minimum Gasteiger partial charge on any atom is -0.485 e. The molecule has 3 aromatic rings. The summed E-state index contributed by atoms with van der Waals surface area (Å²) >= 11 is 20.0. The molecule has 0 N–H and O–H groups in total. The van der Waals surface area contributed by atoms with Gasteiger partial charge in [-0.25, -0.2) is 4.79 Å². The highest BCUT2D eigenvalue weighted by Crippen LogP contribution is 2.42. The Morgan fingerprint density at radius 3 is 2.35 bits per heavy atom. The standard InChI is InChI=1S/C27H19Cl3N2O7S/c28-17-3-7-21(20(30)9-17)39-22-8-4-18(29)10-23(22)37-13-16-14-40-25-11-24(33)31(25)26(16)27(34)38-12-15-1-5-19(6-2-15)32(35)36/h1-10,25H,11-14H2/t25-/m1/s1. The molecular formula is C27H19Cl3N2O7S. The molecular weight excluding hydrogens is 603 g/mol. The zero-order valence-electron chi connectivity index (χ0n) is 20.5. The highest BCUT2D eigenvalue weighted by molar-refractivity contribution is 8.00. The second-order valence-electron chi connectivity index (χ2n) is 8.74. The fourth-order valence-electron chi connectivity index (χ4n) is 4.03. The number of amides is 1. The van der Waals surface area contributed by atoms with Gasteiger partial charge in [-0.05, 0) is 48.0 Å². The average Bonchev–Trinajstić information content (AvgIpc) is 2.92. The van der Waals surface area contributed by atoms with Gasteiger partial charge in [-0.2, -0.15) is 0 Å². The van der Waals surface area contributed by atoms with E-state index >= 15 is 0 Å². The Morgan fingerprint density at radius 2 is 1.68 bits per heavy atom. The Kier molecular flexibility index (Phi) is 8.41. The van der Waals surface area contributed by atoms with Crippen LogP contribution in [0.15, 0.2) is 71.9 Å². The van der Waals surface area contributed by atoms with Crippen LogP contribution in [0.5, 0.6) is 17.2 Å². The van der Waals surface area contributed by atoms with Crippen LogP contribution >= 0.6 is 46.6 Å². The Labute approximate surface area is 247 Å². The fourth-order valence-corrected chi connectivity index (χ4v) is 5.88. The van der Waals surface area contributed by atoms with Gasteiger partial charge >= 0.3 is 5.97 Å². The number of hydrogen-bond donors (Lipinski definition) is 0. The second kappa shape index (κ2) is 12.0. The van der Waals surface area contributed by atoms with Crippen LogP contribution in [0, 0.1) is 10.1 Å². The van der Waals surface area contributed by atoms with Crippen LogP contribution in [0.2, 0.25) is 15.1 Å². The Bertz CT molecular complexity index is 1530. The number of halogens is 3. The molecule has 1 saturated heterocycles. The first-order valence-electron chi connectivity index (χ1n) is 11.8. The first-order valence-corrected chi connectivity index (χ1v) is 14.0. The predicted molar refractivity (Wildman–Crippen MR) is 151 cm³/mol. The highest BCUT2D eigenvalue weighted by atomic mass is 35.5. The summed E-state index contributed by atoms with van der Waals surface area (Å²) in [5.41, 5.74) is 1.18. The van der Waals surface area contributed by atoms with Crippen molar-refractivity contribution in [2.45, 2.75) is 18.4 Å². The van der Waals surface area contributed by atoms with Crippen molar-refractivity contribution in [2.75, 3.05) is 12.4 Å². The number of thioether (sulfide) groups is 1. The van der Waals surface area contributed by atoms with E-state index in [1.54, 1.807) is 36.4 Å². The summed E-state index contributed by atoms with van der Waals surface area (Å²) in [6.07, 6.45) is 0.325. The molecule has 206 valence electrons. The number of benzene rings is 3. The third-order valence-electron chi connectivity index (χ3n) is 6.06. The van der Waals surface area contributed by atoms with Crippen molar-refractivity contribution in [3.05, 3.63) is 103 Å². The number of nitro benzene ring substituents is 1. The highest BCUT2D eigenvalue weighted by Gasteiger charge is 2.46. The Morgan fingerprint density at radius 1 is 0.975 bits per heavy atom. The SMILES string of the molecule is O=C(OCc1ccc([N+](=O)[O-])cc1)C1=C(COc2cc(Cl)ccc2Oc2ccc(Cl)cc2Cl)CS[C@@H]2CC(=O)N12. The lowest BCUT2D eigenvalue weighted by Gasteiger charge is -2.44. The maximum Gasteiger partial charge on any atom is 0.355 e. The summed E-state index contributed by atoms with van der Waals surface area (Å²) in [4.78, 5) is 37.4. The summed E-state index contributed by atoms with van der Waals surface area (Å²) in [6.45, 7) is -0.168. The van der Waals surface area contributed by atoms with Crippen LogP contribution in [-0.4, -0.2) is 39.4 Å². The van der Waals surface area contributed by atoms with E-state index in [0.29, 0.717) is 55.6 Å². The van der Waals surface area contributed by atoms with Crippen LogP contribution in [0.4, 0.5) is 5.69 Å². The molecule has 0 unspecified atom stereocenters. The lowest BCUT2D eigenvalue weighted by molar-refractivity contribution is -0.384. The molecule has 0 saturated carbocycles. The summed E-state index contributed by atoms with van der Waals surface area (Å²) in [5, 5.41) is 11.9. The van der Waals surface area contributed by atoms with Crippen LogP contribution < -0.4 is 9.47 Å². The van der Waals surface area contributed by atoms with Crippen LogP contribution in [-0.2, 0) is 20.9 Å². The molecule has 0 aliphatic carbocycles. The number of β-lactam (4-membered cyclic amide) rings is 1.